The molecule has 4 heteroatoms. The Kier molecular flexibility index (Phi) is 4.68. The zero-order chi connectivity index (χ0) is 14.7. The van der Waals surface area contributed by atoms with E-state index in [0.29, 0.717) is 0 Å². The van der Waals surface area contributed by atoms with Crippen LogP contribution in [0.2, 0.25) is 0 Å². The number of aryl methyl sites for hydroxylation is 1. The highest BCUT2D eigenvalue weighted by Crippen LogP contribution is 2.19. The van der Waals surface area contributed by atoms with E-state index >= 15 is 0 Å². The number of rotatable bonds is 7. The van der Waals surface area contributed by atoms with Crippen LogP contribution in [-0.2, 0) is 19.6 Å². The van der Waals surface area contributed by atoms with Gasteiger partial charge in [-0.2, -0.15) is 0 Å². The smallest absolute Gasteiger partial charge is 0.0897 e. The number of benzene rings is 1. The molecule has 0 unspecified atom stereocenters. The average molecular weight is 301 g/mol. The number of hydrogen-bond acceptors (Lipinski definition) is 4. The van der Waals surface area contributed by atoms with Crippen molar-refractivity contribution in [3.63, 3.8) is 0 Å². The summed E-state index contributed by atoms with van der Waals surface area (Å²) in [6.07, 6.45) is 2.69. The monoisotopic (exact) mass is 301 g/mol. The van der Waals surface area contributed by atoms with Crippen molar-refractivity contribution in [3.8, 4) is 0 Å². The molecule has 1 fully saturated rings. The van der Waals surface area contributed by atoms with Crippen LogP contribution in [-0.4, -0.2) is 23.0 Å². The van der Waals surface area contributed by atoms with E-state index in [-0.39, 0.29) is 0 Å². The molecule has 3 rings (SSSR count). The van der Waals surface area contributed by atoms with Crippen LogP contribution in [0.3, 0.4) is 0 Å². The first kappa shape index (κ1) is 14.7. The minimum Gasteiger partial charge on any atom is -0.310 e. The highest BCUT2D eigenvalue weighted by molar-refractivity contribution is 7.09. The van der Waals surface area contributed by atoms with Crippen molar-refractivity contribution in [1.82, 2.24) is 15.2 Å². The third-order valence-electron chi connectivity index (χ3n) is 3.71. The maximum Gasteiger partial charge on any atom is 0.0897 e. The number of nitrogens with zero attached hydrogens (tertiary/aromatic N) is 2. The summed E-state index contributed by atoms with van der Waals surface area (Å²) in [5.74, 6) is 0. The van der Waals surface area contributed by atoms with Crippen LogP contribution in [0.25, 0.3) is 0 Å². The molecule has 21 heavy (non-hydrogen) atoms. The van der Waals surface area contributed by atoms with Crippen molar-refractivity contribution in [3.05, 3.63) is 51.5 Å². The lowest BCUT2D eigenvalue weighted by molar-refractivity contribution is 0.315. The van der Waals surface area contributed by atoms with Crippen molar-refractivity contribution in [2.45, 2.75) is 45.4 Å². The van der Waals surface area contributed by atoms with E-state index in [1.54, 1.807) is 11.3 Å². The molecule has 0 bridgehead atoms. The van der Waals surface area contributed by atoms with E-state index in [1.165, 1.54) is 29.7 Å². The van der Waals surface area contributed by atoms with Crippen molar-refractivity contribution in [2.24, 2.45) is 0 Å². The van der Waals surface area contributed by atoms with E-state index in [9.17, 15) is 0 Å². The van der Waals surface area contributed by atoms with Gasteiger partial charge in [0.15, 0.2) is 0 Å². The van der Waals surface area contributed by atoms with E-state index in [4.69, 9.17) is 0 Å². The first-order valence-electron chi connectivity index (χ1n) is 7.60. The second-order valence-electron chi connectivity index (χ2n) is 6.01. The largest absolute Gasteiger partial charge is 0.310 e. The second-order valence-corrected chi connectivity index (χ2v) is 7.07. The molecule has 0 amide bonds. The number of thiazole rings is 1. The quantitative estimate of drug-likeness (QED) is 0.850. The first-order chi connectivity index (χ1) is 10.2. The molecule has 112 valence electrons. The Bertz CT molecular complexity index is 589. The van der Waals surface area contributed by atoms with E-state index < -0.39 is 0 Å². The maximum atomic E-state index is 4.53. The van der Waals surface area contributed by atoms with Gasteiger partial charge in [-0.25, -0.2) is 4.98 Å². The summed E-state index contributed by atoms with van der Waals surface area (Å²) >= 11 is 1.72. The van der Waals surface area contributed by atoms with Gasteiger partial charge in [0.1, 0.15) is 0 Å². The van der Waals surface area contributed by atoms with Crippen LogP contribution >= 0.6 is 11.3 Å². The zero-order valence-electron chi connectivity index (χ0n) is 12.8. The molecule has 0 atom stereocenters. The summed E-state index contributed by atoms with van der Waals surface area (Å²) in [7, 11) is 2.16. The lowest BCUT2D eigenvalue weighted by Gasteiger charge is -2.16. The summed E-state index contributed by atoms with van der Waals surface area (Å²) < 4.78 is 0. The SMILES string of the molecule is Cc1nc(CN(C)Cc2cccc(CNC3CC3)c2)cs1. The number of aromatic nitrogens is 1. The Labute approximate surface area is 131 Å². The van der Waals surface area contributed by atoms with Crippen LogP contribution in [0.4, 0.5) is 0 Å². The van der Waals surface area contributed by atoms with Gasteiger partial charge in [0.2, 0.25) is 0 Å². The fourth-order valence-corrected chi connectivity index (χ4v) is 3.12. The first-order valence-corrected chi connectivity index (χ1v) is 8.48. The third kappa shape index (κ3) is 4.63. The Balaban J connectivity index is 1.54. The van der Waals surface area contributed by atoms with Gasteiger partial charge in [0.25, 0.3) is 0 Å². The molecular weight excluding hydrogens is 278 g/mol. The van der Waals surface area contributed by atoms with Crippen LogP contribution < -0.4 is 5.32 Å². The normalized spacial score (nSPS) is 14.8. The lowest BCUT2D eigenvalue weighted by atomic mass is 10.1. The molecule has 1 aromatic heterocycles. The fraction of sp³-hybridized carbons (Fsp3) is 0.471. The van der Waals surface area contributed by atoms with E-state index in [0.717, 1.165) is 30.7 Å². The summed E-state index contributed by atoms with van der Waals surface area (Å²) in [6, 6.07) is 9.67. The molecule has 3 nitrogen and oxygen atoms in total. The number of hydrogen-bond donors (Lipinski definition) is 1. The van der Waals surface area contributed by atoms with Crippen molar-refractivity contribution < 1.29 is 0 Å². The van der Waals surface area contributed by atoms with Crippen molar-refractivity contribution in [2.75, 3.05) is 7.05 Å². The van der Waals surface area contributed by atoms with Crippen LogP contribution in [0.5, 0.6) is 0 Å². The Morgan fingerprint density at radius 2 is 2.10 bits per heavy atom. The number of nitrogens with one attached hydrogen (secondary N) is 1. The van der Waals surface area contributed by atoms with Crippen LogP contribution in [0.1, 0.15) is 34.7 Å². The van der Waals surface area contributed by atoms with Crippen molar-refractivity contribution >= 4 is 11.3 Å². The van der Waals surface area contributed by atoms with Gasteiger partial charge in [-0.15, -0.1) is 11.3 Å². The topological polar surface area (TPSA) is 28.2 Å². The summed E-state index contributed by atoms with van der Waals surface area (Å²) in [5.41, 5.74) is 3.93. The molecule has 0 radical (unpaired) electrons. The van der Waals surface area contributed by atoms with Crippen molar-refractivity contribution in [1.29, 1.82) is 0 Å². The minimum absolute atomic E-state index is 0.768. The Morgan fingerprint density at radius 1 is 1.29 bits per heavy atom. The fourth-order valence-electron chi connectivity index (χ4n) is 2.51. The maximum absolute atomic E-state index is 4.53. The molecule has 1 aliphatic rings. The van der Waals surface area contributed by atoms with E-state index in [1.807, 2.05) is 0 Å². The van der Waals surface area contributed by atoms with Gasteiger partial charge < -0.3 is 5.32 Å². The molecule has 1 N–H and O–H groups in total. The summed E-state index contributed by atoms with van der Waals surface area (Å²) in [5, 5.41) is 6.87. The van der Waals surface area contributed by atoms with Crippen LogP contribution in [0.15, 0.2) is 29.6 Å². The predicted molar refractivity (Wildman–Crippen MR) is 88.3 cm³/mol. The van der Waals surface area contributed by atoms with Gasteiger partial charge in [-0.3, -0.25) is 4.90 Å². The molecule has 1 saturated carbocycles. The molecule has 1 aromatic carbocycles. The average Bonchev–Trinajstić information content (AvgIpc) is 3.20. The van der Waals surface area contributed by atoms with Gasteiger partial charge in [0.05, 0.1) is 10.7 Å². The molecule has 0 aliphatic heterocycles. The summed E-state index contributed by atoms with van der Waals surface area (Å²) in [4.78, 5) is 6.85. The van der Waals surface area contributed by atoms with E-state index in [2.05, 4.69) is 58.8 Å². The second kappa shape index (κ2) is 6.69. The lowest BCUT2D eigenvalue weighted by Crippen LogP contribution is -2.18. The minimum atomic E-state index is 0.768. The zero-order valence-corrected chi connectivity index (χ0v) is 13.6. The van der Waals surface area contributed by atoms with Gasteiger partial charge in [-0.05, 0) is 37.9 Å². The molecule has 1 heterocycles. The highest BCUT2D eigenvalue weighted by Gasteiger charge is 2.19. The molecule has 1 aliphatic carbocycles. The third-order valence-corrected chi connectivity index (χ3v) is 4.54. The molecule has 2 aromatic rings. The van der Waals surface area contributed by atoms with Gasteiger partial charge in [-0.1, -0.05) is 24.3 Å². The molecule has 0 spiro atoms. The Morgan fingerprint density at radius 3 is 2.81 bits per heavy atom. The van der Waals surface area contributed by atoms with Crippen LogP contribution in [0, 0.1) is 6.92 Å². The molecular formula is C17H23N3S. The highest BCUT2D eigenvalue weighted by atomic mass is 32.1. The van der Waals surface area contributed by atoms with Gasteiger partial charge in [0, 0.05) is 31.1 Å². The summed E-state index contributed by atoms with van der Waals surface area (Å²) in [6.45, 7) is 4.93. The predicted octanol–water partition coefficient (Wildman–Crippen LogP) is 3.34. The Hall–Kier alpha value is -1.23. The standard InChI is InChI=1S/C17H23N3S/c1-13-19-17(12-21-13)11-20(2)10-15-5-3-4-14(8-15)9-18-16-6-7-16/h3-5,8,12,16,18H,6-7,9-11H2,1-2H3. The van der Waals surface area contributed by atoms with Gasteiger partial charge >= 0.3 is 0 Å². The molecule has 0 saturated heterocycles.